The Kier molecular flexibility index (Phi) is 5.34. The van der Waals surface area contributed by atoms with Gasteiger partial charge in [0.25, 0.3) is 5.91 Å². The van der Waals surface area contributed by atoms with Gasteiger partial charge in [-0.05, 0) is 12.1 Å². The second-order valence-corrected chi connectivity index (χ2v) is 6.07. The summed E-state index contributed by atoms with van der Waals surface area (Å²) >= 11 is 0. The minimum atomic E-state index is -0.666. The van der Waals surface area contributed by atoms with Crippen LogP contribution in [0.25, 0.3) is 0 Å². The van der Waals surface area contributed by atoms with Gasteiger partial charge in [-0.2, -0.15) is 10.2 Å². The van der Waals surface area contributed by atoms with Crippen LogP contribution in [-0.4, -0.2) is 42.3 Å². The van der Waals surface area contributed by atoms with Gasteiger partial charge in [0.05, 0.1) is 11.1 Å². The Morgan fingerprint density at radius 3 is 2.86 bits per heavy atom. The first-order chi connectivity index (χ1) is 13.3. The Balaban J connectivity index is 1.65. The molecule has 0 aliphatic heterocycles. The number of amides is 1. The second kappa shape index (κ2) is 7.86. The highest BCUT2D eigenvalue weighted by Gasteiger charge is 2.18. The molecule has 3 rings (SSSR count). The molecular weight excluding hydrogens is 371 g/mol. The third kappa shape index (κ3) is 4.31. The van der Waals surface area contributed by atoms with Crippen LogP contribution in [0.3, 0.4) is 0 Å². The molecule has 3 aromatic rings. The van der Waals surface area contributed by atoms with E-state index in [4.69, 9.17) is 4.74 Å². The van der Waals surface area contributed by atoms with Crippen LogP contribution in [0.15, 0.2) is 42.9 Å². The quantitative estimate of drug-likeness (QED) is 0.452. The van der Waals surface area contributed by atoms with E-state index in [0.29, 0.717) is 6.54 Å². The van der Waals surface area contributed by atoms with E-state index >= 15 is 0 Å². The summed E-state index contributed by atoms with van der Waals surface area (Å²) in [6, 6.07) is 4.44. The average Bonchev–Trinajstić information content (AvgIpc) is 3.28. The van der Waals surface area contributed by atoms with Gasteiger partial charge in [-0.3, -0.25) is 19.6 Å². The molecule has 0 fully saturated rings. The summed E-state index contributed by atoms with van der Waals surface area (Å²) in [4.78, 5) is 24.3. The number of carbonyl (C=O) groups excluding carboxylic acids is 1. The number of nitro benzene ring substituents is 1. The molecule has 0 saturated heterocycles. The molecule has 0 spiro atoms. The molecule has 1 amide bonds. The van der Waals surface area contributed by atoms with E-state index in [0.717, 1.165) is 23.8 Å². The van der Waals surface area contributed by atoms with Crippen molar-refractivity contribution < 1.29 is 18.8 Å². The fourth-order valence-electron chi connectivity index (χ4n) is 2.53. The van der Waals surface area contributed by atoms with E-state index in [2.05, 4.69) is 10.2 Å². The Morgan fingerprint density at radius 1 is 1.39 bits per heavy atom. The van der Waals surface area contributed by atoms with Gasteiger partial charge in [0.1, 0.15) is 5.82 Å². The highest BCUT2D eigenvalue weighted by molar-refractivity contribution is 5.91. The number of halogens is 1. The number of hydrogen-bond donors (Lipinski definition) is 0. The van der Waals surface area contributed by atoms with E-state index in [1.165, 1.54) is 21.8 Å². The van der Waals surface area contributed by atoms with Crippen molar-refractivity contribution in [1.82, 2.24) is 24.5 Å². The maximum atomic E-state index is 13.3. The van der Waals surface area contributed by atoms with Gasteiger partial charge in [0, 0.05) is 50.7 Å². The molecule has 2 aromatic heterocycles. The molecule has 10 nitrogen and oxygen atoms in total. The zero-order chi connectivity index (χ0) is 20.3. The van der Waals surface area contributed by atoms with E-state index in [9.17, 15) is 19.3 Å². The third-order valence-corrected chi connectivity index (χ3v) is 3.86. The Hall–Kier alpha value is -3.76. The number of rotatable bonds is 7. The Labute approximate surface area is 158 Å². The fourth-order valence-corrected chi connectivity index (χ4v) is 2.53. The maximum Gasteiger partial charge on any atom is 0.311 e. The molecule has 11 heteroatoms. The standard InChI is InChI=1S/C17H17FN6O4/c1-21(9-12-8-19-22(2)10-12)17(25)14-5-6-23(20-14)11-28-16-7-13(18)3-4-15(16)24(26)27/h3-8,10H,9,11H2,1-2H3. The van der Waals surface area contributed by atoms with Crippen molar-refractivity contribution in [3.63, 3.8) is 0 Å². The monoisotopic (exact) mass is 388 g/mol. The minimum absolute atomic E-state index is 0.184. The van der Waals surface area contributed by atoms with Crippen molar-refractivity contribution >= 4 is 11.6 Å². The van der Waals surface area contributed by atoms with Gasteiger partial charge in [-0.15, -0.1) is 0 Å². The highest BCUT2D eigenvalue weighted by atomic mass is 19.1. The molecule has 0 saturated carbocycles. The summed E-state index contributed by atoms with van der Waals surface area (Å²) in [6.45, 7) is 0.148. The molecule has 0 aliphatic rings. The number of ether oxygens (including phenoxy) is 1. The van der Waals surface area contributed by atoms with Crippen LogP contribution in [0.1, 0.15) is 16.1 Å². The number of carbonyl (C=O) groups is 1. The number of hydrogen-bond acceptors (Lipinski definition) is 6. The van der Waals surface area contributed by atoms with Crippen LogP contribution in [-0.2, 0) is 20.3 Å². The summed E-state index contributed by atoms with van der Waals surface area (Å²) in [5.41, 5.74) is 0.698. The van der Waals surface area contributed by atoms with E-state index in [-0.39, 0.29) is 29.8 Å². The molecule has 28 heavy (non-hydrogen) atoms. The van der Waals surface area contributed by atoms with Crippen molar-refractivity contribution in [3.8, 4) is 5.75 Å². The van der Waals surface area contributed by atoms with E-state index < -0.39 is 10.7 Å². The largest absolute Gasteiger partial charge is 0.464 e. The van der Waals surface area contributed by atoms with Crippen LogP contribution in [0.5, 0.6) is 5.75 Å². The van der Waals surface area contributed by atoms with Crippen molar-refractivity contribution in [2.75, 3.05) is 7.05 Å². The van der Waals surface area contributed by atoms with E-state index in [1.807, 2.05) is 6.20 Å². The van der Waals surface area contributed by atoms with Gasteiger partial charge in [0.15, 0.2) is 12.4 Å². The Morgan fingerprint density at radius 2 is 2.18 bits per heavy atom. The van der Waals surface area contributed by atoms with Crippen molar-refractivity contribution in [2.45, 2.75) is 13.3 Å². The Bertz CT molecular complexity index is 1010. The predicted octanol–water partition coefficient (Wildman–Crippen LogP) is 1.97. The van der Waals surface area contributed by atoms with Gasteiger partial charge < -0.3 is 9.64 Å². The topological polar surface area (TPSA) is 108 Å². The number of aromatic nitrogens is 4. The predicted molar refractivity (Wildman–Crippen MR) is 94.9 cm³/mol. The molecule has 0 N–H and O–H groups in total. The van der Waals surface area contributed by atoms with Crippen LogP contribution in [0.2, 0.25) is 0 Å². The van der Waals surface area contributed by atoms with Crippen LogP contribution in [0, 0.1) is 15.9 Å². The van der Waals surface area contributed by atoms with Gasteiger partial charge >= 0.3 is 5.69 Å². The number of nitro groups is 1. The van der Waals surface area contributed by atoms with Gasteiger partial charge in [-0.25, -0.2) is 9.07 Å². The molecule has 2 heterocycles. The van der Waals surface area contributed by atoms with Crippen LogP contribution in [0.4, 0.5) is 10.1 Å². The summed E-state index contributed by atoms with van der Waals surface area (Å²) in [5, 5.41) is 19.1. The second-order valence-electron chi connectivity index (χ2n) is 6.07. The highest BCUT2D eigenvalue weighted by Crippen LogP contribution is 2.27. The number of nitrogens with zero attached hydrogens (tertiary/aromatic N) is 6. The number of benzene rings is 1. The van der Waals surface area contributed by atoms with Crippen LogP contribution < -0.4 is 4.74 Å². The van der Waals surface area contributed by atoms with Crippen molar-refractivity contribution in [1.29, 1.82) is 0 Å². The summed E-state index contributed by atoms with van der Waals surface area (Å²) in [5.74, 6) is -1.18. The SMILES string of the molecule is CN(Cc1cnn(C)c1)C(=O)c1ccn(COc2cc(F)ccc2[N+](=O)[O-])n1. The molecule has 146 valence electrons. The van der Waals surface area contributed by atoms with Crippen molar-refractivity contribution in [3.05, 3.63) is 70.0 Å². The smallest absolute Gasteiger partial charge is 0.311 e. The molecule has 0 aliphatic carbocycles. The molecule has 0 radical (unpaired) electrons. The molecular formula is C17H17FN6O4. The zero-order valence-corrected chi connectivity index (χ0v) is 15.1. The van der Waals surface area contributed by atoms with Gasteiger partial charge in [-0.1, -0.05) is 0 Å². The van der Waals surface area contributed by atoms with Crippen LogP contribution >= 0.6 is 0 Å². The average molecular weight is 388 g/mol. The lowest BCUT2D eigenvalue weighted by molar-refractivity contribution is -0.386. The first-order valence-corrected chi connectivity index (χ1v) is 8.16. The fraction of sp³-hybridized carbons (Fsp3) is 0.235. The lowest BCUT2D eigenvalue weighted by atomic mass is 10.3. The molecule has 0 unspecified atom stereocenters. The molecule has 0 bridgehead atoms. The van der Waals surface area contributed by atoms with Gasteiger partial charge in [0.2, 0.25) is 5.75 Å². The van der Waals surface area contributed by atoms with E-state index in [1.54, 1.807) is 25.0 Å². The molecule has 1 aromatic carbocycles. The zero-order valence-electron chi connectivity index (χ0n) is 15.1. The summed E-state index contributed by atoms with van der Waals surface area (Å²) in [7, 11) is 3.43. The third-order valence-electron chi connectivity index (χ3n) is 3.86. The first kappa shape index (κ1) is 19.0. The maximum absolute atomic E-state index is 13.3. The summed E-state index contributed by atoms with van der Waals surface area (Å²) in [6.07, 6.45) is 4.97. The lowest BCUT2D eigenvalue weighted by Gasteiger charge is -2.14. The number of aryl methyl sites for hydroxylation is 1. The summed E-state index contributed by atoms with van der Waals surface area (Å²) < 4.78 is 21.6. The normalized spacial score (nSPS) is 10.7. The minimum Gasteiger partial charge on any atom is -0.464 e. The van der Waals surface area contributed by atoms with Crippen molar-refractivity contribution in [2.24, 2.45) is 7.05 Å². The molecule has 0 atom stereocenters. The lowest BCUT2D eigenvalue weighted by Crippen LogP contribution is -2.26. The first-order valence-electron chi connectivity index (χ1n) is 8.16.